The minimum atomic E-state index is -0.296. The van der Waals surface area contributed by atoms with Crippen LogP contribution in [0, 0.1) is 0 Å². The molecule has 0 aliphatic heterocycles. The zero-order valence-electron chi connectivity index (χ0n) is 13.6. The maximum absolute atomic E-state index is 12.4. The van der Waals surface area contributed by atoms with Crippen molar-refractivity contribution in [2.45, 2.75) is 31.2 Å². The molecule has 0 unspecified atom stereocenters. The van der Waals surface area contributed by atoms with Gasteiger partial charge in [-0.2, -0.15) is 0 Å². The zero-order chi connectivity index (χ0) is 16.8. The van der Waals surface area contributed by atoms with Crippen LogP contribution < -0.4 is 10.6 Å². The number of carbonyl (C=O) groups is 2. The number of benzene rings is 2. The molecular weight excluding hydrogens is 300 g/mol. The van der Waals surface area contributed by atoms with Gasteiger partial charge in [-0.05, 0) is 30.5 Å². The Morgan fingerprint density at radius 3 is 2.08 bits per heavy atom. The summed E-state index contributed by atoms with van der Waals surface area (Å²) in [6.07, 6.45) is 4.09. The number of nitrogens with one attached hydrogen (secondary N) is 2. The lowest BCUT2D eigenvalue weighted by Crippen LogP contribution is -2.47. The smallest absolute Gasteiger partial charge is 0.251 e. The highest BCUT2D eigenvalue weighted by molar-refractivity contribution is 5.96. The van der Waals surface area contributed by atoms with Crippen LogP contribution in [0.2, 0.25) is 0 Å². The third-order valence-electron chi connectivity index (χ3n) is 4.61. The Hall–Kier alpha value is -2.62. The van der Waals surface area contributed by atoms with Crippen molar-refractivity contribution in [3.8, 4) is 0 Å². The van der Waals surface area contributed by atoms with E-state index < -0.39 is 0 Å². The molecule has 0 bridgehead atoms. The van der Waals surface area contributed by atoms with Crippen molar-refractivity contribution in [3.63, 3.8) is 0 Å². The Morgan fingerprint density at radius 1 is 0.875 bits per heavy atom. The maximum atomic E-state index is 12.4. The van der Waals surface area contributed by atoms with Crippen LogP contribution in [0.4, 0.5) is 0 Å². The number of carbonyl (C=O) groups excluding carboxylic acids is 2. The van der Waals surface area contributed by atoms with E-state index in [9.17, 15) is 9.59 Å². The van der Waals surface area contributed by atoms with E-state index in [1.165, 1.54) is 0 Å². The third kappa shape index (κ3) is 3.65. The Bertz CT molecular complexity index is 692. The van der Waals surface area contributed by atoms with Crippen LogP contribution in [0.15, 0.2) is 60.7 Å². The molecular formula is C20H22N2O2. The summed E-state index contributed by atoms with van der Waals surface area (Å²) in [6.45, 7) is -0.0116. The van der Waals surface area contributed by atoms with Crippen LogP contribution in [0.3, 0.4) is 0 Å². The lowest BCUT2D eigenvalue weighted by atomic mass is 9.88. The molecule has 1 saturated carbocycles. The van der Waals surface area contributed by atoms with E-state index in [2.05, 4.69) is 22.8 Å². The second-order valence-electron chi connectivity index (χ2n) is 6.25. The molecule has 1 aliphatic rings. The van der Waals surface area contributed by atoms with E-state index in [-0.39, 0.29) is 23.9 Å². The lowest BCUT2D eigenvalue weighted by Gasteiger charge is -2.31. The Kier molecular flexibility index (Phi) is 4.94. The first kappa shape index (κ1) is 16.2. The van der Waals surface area contributed by atoms with Gasteiger partial charge in [0.25, 0.3) is 5.91 Å². The molecule has 1 fully saturated rings. The first-order chi connectivity index (χ1) is 11.7. The third-order valence-corrected chi connectivity index (χ3v) is 4.61. The normalized spacial score (nSPS) is 15.7. The first-order valence-corrected chi connectivity index (χ1v) is 8.39. The van der Waals surface area contributed by atoms with Gasteiger partial charge in [0.15, 0.2) is 0 Å². The standard InChI is InChI=1S/C20H22N2O2/c23-18(15-21-19(24)16-9-3-1-4-10-16)22-20(13-7-8-14-20)17-11-5-2-6-12-17/h1-6,9-12H,7-8,13-15H2,(H,21,24)(H,22,23). The van der Waals surface area contributed by atoms with Gasteiger partial charge in [-0.1, -0.05) is 61.4 Å². The van der Waals surface area contributed by atoms with Crippen molar-refractivity contribution in [2.24, 2.45) is 0 Å². The molecule has 1 aliphatic carbocycles. The van der Waals surface area contributed by atoms with E-state index in [0.29, 0.717) is 5.56 Å². The highest BCUT2D eigenvalue weighted by Gasteiger charge is 2.36. The number of rotatable bonds is 5. The summed E-state index contributed by atoms with van der Waals surface area (Å²) < 4.78 is 0. The lowest BCUT2D eigenvalue weighted by molar-refractivity contribution is -0.122. The van der Waals surface area contributed by atoms with Crippen molar-refractivity contribution in [2.75, 3.05) is 6.54 Å². The van der Waals surface area contributed by atoms with Crippen LogP contribution in [0.1, 0.15) is 41.6 Å². The predicted molar refractivity (Wildman–Crippen MR) is 93.5 cm³/mol. The first-order valence-electron chi connectivity index (χ1n) is 8.39. The highest BCUT2D eigenvalue weighted by Crippen LogP contribution is 2.38. The molecule has 0 atom stereocenters. The molecule has 0 saturated heterocycles. The van der Waals surface area contributed by atoms with Gasteiger partial charge in [0, 0.05) is 5.56 Å². The predicted octanol–water partition coefficient (Wildman–Crippen LogP) is 3.00. The van der Waals surface area contributed by atoms with Crippen molar-refractivity contribution in [3.05, 3.63) is 71.8 Å². The number of hydrogen-bond donors (Lipinski definition) is 2. The molecule has 2 aromatic carbocycles. The van der Waals surface area contributed by atoms with Gasteiger partial charge in [-0.3, -0.25) is 9.59 Å². The van der Waals surface area contributed by atoms with Gasteiger partial charge in [-0.15, -0.1) is 0 Å². The molecule has 2 amide bonds. The minimum absolute atomic E-state index is 0.0116. The summed E-state index contributed by atoms with van der Waals surface area (Å²) in [4.78, 5) is 24.4. The van der Waals surface area contributed by atoms with Gasteiger partial charge in [0.2, 0.25) is 5.91 Å². The van der Waals surface area contributed by atoms with Crippen LogP contribution in [0.25, 0.3) is 0 Å². The van der Waals surface area contributed by atoms with E-state index in [0.717, 1.165) is 31.2 Å². The molecule has 24 heavy (non-hydrogen) atoms. The summed E-state index contributed by atoms with van der Waals surface area (Å²) in [7, 11) is 0. The van der Waals surface area contributed by atoms with Crippen LogP contribution >= 0.6 is 0 Å². The highest BCUT2D eigenvalue weighted by atomic mass is 16.2. The van der Waals surface area contributed by atoms with Crippen molar-refractivity contribution >= 4 is 11.8 Å². The van der Waals surface area contributed by atoms with E-state index in [4.69, 9.17) is 0 Å². The largest absolute Gasteiger partial charge is 0.345 e. The summed E-state index contributed by atoms with van der Waals surface area (Å²) >= 11 is 0. The maximum Gasteiger partial charge on any atom is 0.251 e. The van der Waals surface area contributed by atoms with Gasteiger partial charge < -0.3 is 10.6 Å². The summed E-state index contributed by atoms with van der Waals surface area (Å²) in [5.41, 5.74) is 1.41. The number of hydrogen-bond acceptors (Lipinski definition) is 2. The molecule has 2 N–H and O–H groups in total. The summed E-state index contributed by atoms with van der Waals surface area (Å²) in [6, 6.07) is 19.0. The van der Waals surface area contributed by atoms with E-state index in [1.54, 1.807) is 24.3 Å². The molecule has 0 aromatic heterocycles. The molecule has 4 nitrogen and oxygen atoms in total. The Morgan fingerprint density at radius 2 is 1.46 bits per heavy atom. The monoisotopic (exact) mass is 322 g/mol. The van der Waals surface area contributed by atoms with Crippen molar-refractivity contribution < 1.29 is 9.59 Å². The Labute approximate surface area is 142 Å². The number of amides is 2. The fourth-order valence-corrected chi connectivity index (χ4v) is 3.38. The molecule has 0 heterocycles. The quantitative estimate of drug-likeness (QED) is 0.889. The SMILES string of the molecule is O=C(CNC(=O)c1ccccc1)NC1(c2ccccc2)CCCC1. The molecule has 124 valence electrons. The summed E-state index contributed by atoms with van der Waals surface area (Å²) in [5.74, 6) is -0.379. The average molecular weight is 322 g/mol. The van der Waals surface area contributed by atoms with E-state index in [1.807, 2.05) is 24.3 Å². The van der Waals surface area contributed by atoms with Gasteiger partial charge in [-0.25, -0.2) is 0 Å². The van der Waals surface area contributed by atoms with Crippen LogP contribution in [0.5, 0.6) is 0 Å². The van der Waals surface area contributed by atoms with Crippen LogP contribution in [-0.4, -0.2) is 18.4 Å². The van der Waals surface area contributed by atoms with Crippen molar-refractivity contribution in [1.29, 1.82) is 0 Å². The zero-order valence-corrected chi connectivity index (χ0v) is 13.6. The topological polar surface area (TPSA) is 58.2 Å². The average Bonchev–Trinajstić information content (AvgIpc) is 3.11. The van der Waals surface area contributed by atoms with Gasteiger partial charge in [0.05, 0.1) is 12.1 Å². The fourth-order valence-electron chi connectivity index (χ4n) is 3.38. The van der Waals surface area contributed by atoms with Gasteiger partial charge in [0.1, 0.15) is 0 Å². The molecule has 0 spiro atoms. The second-order valence-corrected chi connectivity index (χ2v) is 6.25. The van der Waals surface area contributed by atoms with Gasteiger partial charge >= 0.3 is 0 Å². The molecule has 4 heteroatoms. The molecule has 0 radical (unpaired) electrons. The van der Waals surface area contributed by atoms with Crippen molar-refractivity contribution in [1.82, 2.24) is 10.6 Å². The summed E-state index contributed by atoms with van der Waals surface area (Å²) in [5, 5.41) is 5.85. The molecule has 3 rings (SSSR count). The van der Waals surface area contributed by atoms with Crippen LogP contribution in [-0.2, 0) is 10.3 Å². The van der Waals surface area contributed by atoms with E-state index >= 15 is 0 Å². The molecule has 2 aromatic rings. The second kappa shape index (κ2) is 7.30. The minimum Gasteiger partial charge on any atom is -0.345 e. The Balaban J connectivity index is 1.62. The fraction of sp³-hybridized carbons (Fsp3) is 0.300.